The lowest BCUT2D eigenvalue weighted by molar-refractivity contribution is 0.487. The van der Waals surface area contributed by atoms with Gasteiger partial charge in [-0.05, 0) is 40.2 Å². The Morgan fingerprint density at radius 3 is 2.48 bits per heavy atom. The molecule has 1 aromatic heterocycles. The zero-order chi connectivity index (χ0) is 15.6. The zero-order valence-electron chi connectivity index (χ0n) is 13.3. The quantitative estimate of drug-likeness (QED) is 0.907. The van der Waals surface area contributed by atoms with Crippen molar-refractivity contribution in [1.29, 1.82) is 0 Å². The second-order valence-corrected chi connectivity index (χ2v) is 5.67. The van der Waals surface area contributed by atoms with E-state index >= 15 is 0 Å². The van der Waals surface area contributed by atoms with E-state index in [1.165, 1.54) is 11.1 Å². The second kappa shape index (κ2) is 6.22. The van der Waals surface area contributed by atoms with E-state index in [1.807, 2.05) is 13.8 Å². The average Bonchev–Trinajstić information content (AvgIpc) is 2.37. The molecule has 112 valence electrons. The highest BCUT2D eigenvalue weighted by atomic mass is 16.1. The van der Waals surface area contributed by atoms with Gasteiger partial charge in [0.15, 0.2) is 0 Å². The minimum absolute atomic E-state index is 0.0580. The van der Waals surface area contributed by atoms with Gasteiger partial charge in [-0.1, -0.05) is 29.8 Å². The van der Waals surface area contributed by atoms with Crippen molar-refractivity contribution in [3.63, 3.8) is 0 Å². The van der Waals surface area contributed by atoms with Crippen LogP contribution < -0.4 is 10.9 Å². The van der Waals surface area contributed by atoms with Crippen LogP contribution in [0, 0.1) is 20.8 Å². The Morgan fingerprint density at radius 2 is 1.86 bits per heavy atom. The van der Waals surface area contributed by atoms with E-state index in [9.17, 15) is 4.79 Å². The number of aromatic nitrogens is 2. The number of aromatic amines is 1. The van der Waals surface area contributed by atoms with Crippen molar-refractivity contribution < 1.29 is 0 Å². The number of hydrogen-bond acceptors (Lipinski definition) is 3. The highest BCUT2D eigenvalue weighted by molar-refractivity contribution is 5.26. The van der Waals surface area contributed by atoms with Crippen LogP contribution in [-0.2, 0) is 0 Å². The van der Waals surface area contributed by atoms with Gasteiger partial charge in [-0.2, -0.15) is 0 Å². The molecule has 4 heteroatoms. The van der Waals surface area contributed by atoms with Gasteiger partial charge in [-0.3, -0.25) is 4.79 Å². The van der Waals surface area contributed by atoms with Crippen LogP contribution in [0.15, 0.2) is 29.1 Å². The molecule has 0 aliphatic heterocycles. The number of nitrogens with one attached hydrogen (secondary N) is 2. The van der Waals surface area contributed by atoms with Crippen LogP contribution in [0.4, 0.5) is 0 Å². The summed E-state index contributed by atoms with van der Waals surface area (Å²) in [7, 11) is 0. The smallest absolute Gasteiger partial charge is 0.255 e. The third kappa shape index (κ3) is 3.58. The molecule has 1 aromatic carbocycles. The van der Waals surface area contributed by atoms with E-state index in [4.69, 9.17) is 0 Å². The maximum Gasteiger partial charge on any atom is 0.255 e. The molecule has 0 saturated heterocycles. The molecule has 0 amide bonds. The first-order valence-electron chi connectivity index (χ1n) is 7.28. The van der Waals surface area contributed by atoms with Gasteiger partial charge in [0, 0.05) is 17.8 Å². The first-order valence-corrected chi connectivity index (χ1v) is 7.28. The van der Waals surface area contributed by atoms with Crippen LogP contribution in [0.25, 0.3) is 0 Å². The monoisotopic (exact) mass is 285 g/mol. The van der Waals surface area contributed by atoms with E-state index in [2.05, 4.69) is 53.4 Å². The van der Waals surface area contributed by atoms with Gasteiger partial charge in [-0.15, -0.1) is 0 Å². The fraction of sp³-hybridized carbons (Fsp3) is 0.412. The number of hydrogen-bond donors (Lipinski definition) is 2. The van der Waals surface area contributed by atoms with Gasteiger partial charge >= 0.3 is 0 Å². The fourth-order valence-corrected chi connectivity index (χ4v) is 2.74. The molecule has 2 rings (SSSR count). The molecule has 2 atom stereocenters. The van der Waals surface area contributed by atoms with Crippen LogP contribution in [0.5, 0.6) is 0 Å². The van der Waals surface area contributed by atoms with Crippen molar-refractivity contribution in [3.8, 4) is 0 Å². The molecule has 0 spiro atoms. The van der Waals surface area contributed by atoms with Gasteiger partial charge in [0.1, 0.15) is 5.82 Å². The Morgan fingerprint density at radius 1 is 1.14 bits per heavy atom. The lowest BCUT2D eigenvalue weighted by Gasteiger charge is -2.21. The van der Waals surface area contributed by atoms with Crippen LogP contribution in [-0.4, -0.2) is 9.97 Å². The van der Waals surface area contributed by atoms with Crippen LogP contribution in [0.2, 0.25) is 0 Å². The Balaban J connectivity index is 2.22. The van der Waals surface area contributed by atoms with Crippen LogP contribution in [0.1, 0.15) is 54.1 Å². The minimum atomic E-state index is -0.0588. The third-order valence-corrected chi connectivity index (χ3v) is 3.74. The topological polar surface area (TPSA) is 57.8 Å². The highest BCUT2D eigenvalue weighted by Gasteiger charge is 2.17. The molecule has 21 heavy (non-hydrogen) atoms. The first-order chi connectivity index (χ1) is 9.88. The van der Waals surface area contributed by atoms with Crippen molar-refractivity contribution in [1.82, 2.24) is 15.3 Å². The maximum absolute atomic E-state index is 12.1. The molecule has 0 fully saturated rings. The SMILES string of the molecule is Cc1cccc([C@H](C)NC(C)c2c(C)nc(C)[nH]c2=O)c1. The first kappa shape index (κ1) is 15.4. The van der Waals surface area contributed by atoms with Crippen molar-refractivity contribution in [2.75, 3.05) is 0 Å². The van der Waals surface area contributed by atoms with Crippen LogP contribution in [0.3, 0.4) is 0 Å². The second-order valence-electron chi connectivity index (χ2n) is 5.67. The van der Waals surface area contributed by atoms with Crippen molar-refractivity contribution in [2.24, 2.45) is 0 Å². The van der Waals surface area contributed by atoms with E-state index in [-0.39, 0.29) is 17.6 Å². The summed E-state index contributed by atoms with van der Waals surface area (Å²) in [4.78, 5) is 19.3. The molecule has 2 N–H and O–H groups in total. The Kier molecular flexibility index (Phi) is 4.58. The van der Waals surface area contributed by atoms with Gasteiger partial charge in [0.05, 0.1) is 5.56 Å². The predicted molar refractivity (Wildman–Crippen MR) is 85.5 cm³/mol. The van der Waals surface area contributed by atoms with E-state index in [0.29, 0.717) is 11.4 Å². The Labute approximate surface area is 125 Å². The standard InChI is InChI=1S/C17H23N3O/c1-10-7-6-8-15(9-10)11(2)18-12(3)16-13(4)19-14(5)20-17(16)21/h6-9,11-12,18H,1-5H3,(H,19,20,21)/t11-,12?/m0/s1. The zero-order valence-corrected chi connectivity index (χ0v) is 13.3. The fourth-order valence-electron chi connectivity index (χ4n) is 2.74. The number of rotatable bonds is 4. The largest absolute Gasteiger partial charge is 0.310 e. The lowest BCUT2D eigenvalue weighted by atomic mass is 10.0. The molecule has 0 aliphatic carbocycles. The van der Waals surface area contributed by atoms with Crippen LogP contribution >= 0.6 is 0 Å². The van der Waals surface area contributed by atoms with Crippen molar-refractivity contribution in [2.45, 2.75) is 46.7 Å². The van der Waals surface area contributed by atoms with Crippen molar-refractivity contribution in [3.05, 3.63) is 62.8 Å². The molecule has 1 heterocycles. The summed E-state index contributed by atoms with van der Waals surface area (Å²) in [5.74, 6) is 0.653. The number of benzene rings is 1. The molecule has 0 radical (unpaired) electrons. The molecular weight excluding hydrogens is 262 g/mol. The normalized spacial score (nSPS) is 14.0. The summed E-state index contributed by atoms with van der Waals surface area (Å²) in [5, 5.41) is 3.48. The molecule has 4 nitrogen and oxygen atoms in total. The summed E-state index contributed by atoms with van der Waals surface area (Å²) >= 11 is 0. The van der Waals surface area contributed by atoms with E-state index < -0.39 is 0 Å². The summed E-state index contributed by atoms with van der Waals surface area (Å²) in [6.07, 6.45) is 0. The van der Waals surface area contributed by atoms with Gasteiger partial charge in [0.2, 0.25) is 0 Å². The number of aryl methyl sites for hydroxylation is 3. The number of H-pyrrole nitrogens is 1. The molecular formula is C17H23N3O. The molecule has 0 bridgehead atoms. The summed E-state index contributed by atoms with van der Waals surface area (Å²) < 4.78 is 0. The predicted octanol–water partition coefficient (Wildman–Crippen LogP) is 3.11. The van der Waals surface area contributed by atoms with E-state index in [0.717, 1.165) is 5.69 Å². The summed E-state index contributed by atoms with van der Waals surface area (Å²) in [6.45, 7) is 9.87. The molecule has 1 unspecified atom stereocenters. The Bertz CT molecular complexity index is 691. The van der Waals surface area contributed by atoms with Gasteiger partial charge in [-0.25, -0.2) is 4.98 Å². The van der Waals surface area contributed by atoms with E-state index in [1.54, 1.807) is 6.92 Å². The maximum atomic E-state index is 12.1. The Hall–Kier alpha value is -1.94. The third-order valence-electron chi connectivity index (χ3n) is 3.74. The van der Waals surface area contributed by atoms with Crippen molar-refractivity contribution >= 4 is 0 Å². The minimum Gasteiger partial charge on any atom is -0.310 e. The lowest BCUT2D eigenvalue weighted by Crippen LogP contribution is -2.29. The molecule has 0 aliphatic rings. The summed E-state index contributed by atoms with van der Waals surface area (Å²) in [6, 6.07) is 8.51. The molecule has 0 saturated carbocycles. The highest BCUT2D eigenvalue weighted by Crippen LogP contribution is 2.19. The average molecular weight is 285 g/mol. The van der Waals surface area contributed by atoms with Gasteiger partial charge in [0.25, 0.3) is 5.56 Å². The van der Waals surface area contributed by atoms with Gasteiger partial charge < -0.3 is 10.3 Å². The number of nitrogens with zero attached hydrogens (tertiary/aromatic N) is 1. The summed E-state index contributed by atoms with van der Waals surface area (Å²) in [5.41, 5.74) is 3.89. The molecule has 2 aromatic rings.